The van der Waals surface area contributed by atoms with E-state index in [9.17, 15) is 9.59 Å². The van der Waals surface area contributed by atoms with Crippen molar-refractivity contribution >= 4 is 23.6 Å². The van der Waals surface area contributed by atoms with Gasteiger partial charge in [0.2, 0.25) is 5.91 Å². The van der Waals surface area contributed by atoms with Crippen LogP contribution in [0.4, 0.5) is 0 Å². The Hall–Kier alpha value is -1.53. The lowest BCUT2D eigenvalue weighted by molar-refractivity contribution is -0.123. The van der Waals surface area contributed by atoms with Crippen molar-refractivity contribution in [1.82, 2.24) is 16.0 Å². The van der Waals surface area contributed by atoms with E-state index in [0.717, 1.165) is 18.7 Å². The fraction of sp³-hybridized carbons (Fsp3) is 0.500. The quantitative estimate of drug-likeness (QED) is 0.567. The summed E-state index contributed by atoms with van der Waals surface area (Å²) in [6.45, 7) is 1.46. The molecule has 1 atom stereocenters. The Labute approximate surface area is 136 Å². The topological polar surface area (TPSA) is 70.2 Å². The van der Waals surface area contributed by atoms with Crippen molar-refractivity contribution in [1.29, 1.82) is 0 Å². The van der Waals surface area contributed by atoms with Crippen LogP contribution in [-0.4, -0.2) is 50.0 Å². The highest BCUT2D eigenvalue weighted by molar-refractivity contribution is 7.98. The molecule has 122 valence electrons. The summed E-state index contributed by atoms with van der Waals surface area (Å²) in [4.78, 5) is 24.4. The molecule has 1 aromatic carbocycles. The van der Waals surface area contributed by atoms with Crippen molar-refractivity contribution in [3.8, 4) is 0 Å². The van der Waals surface area contributed by atoms with Crippen LogP contribution < -0.4 is 16.0 Å². The zero-order valence-corrected chi connectivity index (χ0v) is 14.0. The highest BCUT2D eigenvalue weighted by atomic mass is 32.2. The lowest BCUT2D eigenvalue weighted by Crippen LogP contribution is -2.47. The summed E-state index contributed by atoms with van der Waals surface area (Å²) in [5.41, 5.74) is 0.569. The first-order valence-electron chi connectivity index (χ1n) is 7.46. The maximum Gasteiger partial charge on any atom is 0.251 e. The van der Waals surface area contributed by atoms with E-state index in [1.54, 1.807) is 23.9 Å². The molecule has 1 unspecified atom stereocenters. The Kier molecular flexibility index (Phi) is 9.34. The molecule has 0 aliphatic heterocycles. The monoisotopic (exact) mass is 323 g/mol. The smallest absolute Gasteiger partial charge is 0.251 e. The Morgan fingerprint density at radius 1 is 1.18 bits per heavy atom. The molecule has 0 saturated carbocycles. The van der Waals surface area contributed by atoms with Crippen LogP contribution in [0.3, 0.4) is 0 Å². The summed E-state index contributed by atoms with van der Waals surface area (Å²) in [6, 6.07) is 8.47. The maximum absolute atomic E-state index is 12.2. The second-order valence-corrected chi connectivity index (χ2v) is 5.91. The molecule has 1 aromatic rings. The molecule has 0 aliphatic carbocycles. The van der Waals surface area contributed by atoms with Crippen LogP contribution in [-0.2, 0) is 4.79 Å². The van der Waals surface area contributed by atoms with Crippen molar-refractivity contribution in [3.05, 3.63) is 35.9 Å². The van der Waals surface area contributed by atoms with E-state index in [-0.39, 0.29) is 11.8 Å². The van der Waals surface area contributed by atoms with Crippen LogP contribution in [0.25, 0.3) is 0 Å². The highest BCUT2D eigenvalue weighted by Gasteiger charge is 2.20. The lowest BCUT2D eigenvalue weighted by atomic mass is 10.1. The van der Waals surface area contributed by atoms with E-state index in [2.05, 4.69) is 16.0 Å². The van der Waals surface area contributed by atoms with Crippen LogP contribution >= 0.6 is 11.8 Å². The number of carbonyl (C=O) groups excluding carboxylic acids is 2. The predicted octanol–water partition coefficient (Wildman–Crippen LogP) is 1.26. The van der Waals surface area contributed by atoms with Crippen molar-refractivity contribution < 1.29 is 9.59 Å². The average Bonchev–Trinajstić information content (AvgIpc) is 2.55. The van der Waals surface area contributed by atoms with E-state index >= 15 is 0 Å². The molecule has 0 aliphatic rings. The van der Waals surface area contributed by atoms with Gasteiger partial charge in [-0.05, 0) is 50.6 Å². The third-order valence-corrected chi connectivity index (χ3v) is 3.82. The largest absolute Gasteiger partial charge is 0.354 e. The zero-order chi connectivity index (χ0) is 16.2. The first-order chi connectivity index (χ1) is 10.7. The maximum atomic E-state index is 12.2. The molecule has 0 radical (unpaired) electrons. The number of hydrogen-bond acceptors (Lipinski definition) is 4. The van der Waals surface area contributed by atoms with Crippen molar-refractivity contribution in [2.75, 3.05) is 32.1 Å². The van der Waals surface area contributed by atoms with Gasteiger partial charge in [-0.3, -0.25) is 9.59 Å². The molecule has 0 spiro atoms. The summed E-state index contributed by atoms with van der Waals surface area (Å²) < 4.78 is 0. The Balaban J connectivity index is 2.55. The molecule has 2 amide bonds. The van der Waals surface area contributed by atoms with Gasteiger partial charge in [-0.15, -0.1) is 0 Å². The first kappa shape index (κ1) is 18.5. The molecule has 0 fully saturated rings. The van der Waals surface area contributed by atoms with Gasteiger partial charge >= 0.3 is 0 Å². The van der Waals surface area contributed by atoms with Gasteiger partial charge in [0.15, 0.2) is 0 Å². The summed E-state index contributed by atoms with van der Waals surface area (Å²) in [5, 5.41) is 8.74. The Bertz CT molecular complexity index is 454. The second kappa shape index (κ2) is 11.1. The molecule has 6 heteroatoms. The van der Waals surface area contributed by atoms with Gasteiger partial charge in [0.05, 0.1) is 0 Å². The fourth-order valence-corrected chi connectivity index (χ4v) is 2.41. The van der Waals surface area contributed by atoms with E-state index < -0.39 is 6.04 Å². The van der Waals surface area contributed by atoms with Gasteiger partial charge in [-0.1, -0.05) is 18.2 Å². The molecule has 1 rings (SSSR count). The average molecular weight is 323 g/mol. The fourth-order valence-electron chi connectivity index (χ4n) is 1.94. The van der Waals surface area contributed by atoms with Crippen molar-refractivity contribution in [3.63, 3.8) is 0 Å². The molecule has 0 aromatic heterocycles. The number of amides is 2. The summed E-state index contributed by atoms with van der Waals surface area (Å²) in [5.74, 6) is 0.496. The second-order valence-electron chi connectivity index (χ2n) is 4.92. The number of hydrogen-bond donors (Lipinski definition) is 3. The van der Waals surface area contributed by atoms with E-state index in [0.29, 0.717) is 18.5 Å². The van der Waals surface area contributed by atoms with Gasteiger partial charge in [-0.2, -0.15) is 11.8 Å². The van der Waals surface area contributed by atoms with Gasteiger partial charge in [0.1, 0.15) is 6.04 Å². The van der Waals surface area contributed by atoms with Gasteiger partial charge in [0, 0.05) is 12.1 Å². The predicted molar refractivity (Wildman–Crippen MR) is 92.2 cm³/mol. The summed E-state index contributed by atoms with van der Waals surface area (Å²) in [6.07, 6.45) is 3.47. The van der Waals surface area contributed by atoms with Crippen LogP contribution in [0, 0.1) is 0 Å². The number of thioether (sulfide) groups is 1. The van der Waals surface area contributed by atoms with Crippen LogP contribution in [0.1, 0.15) is 23.2 Å². The molecule has 3 N–H and O–H groups in total. The highest BCUT2D eigenvalue weighted by Crippen LogP contribution is 2.04. The molecular weight excluding hydrogens is 298 g/mol. The summed E-state index contributed by atoms with van der Waals surface area (Å²) >= 11 is 1.66. The Morgan fingerprint density at radius 2 is 1.91 bits per heavy atom. The molecule has 0 bridgehead atoms. The molecule has 22 heavy (non-hydrogen) atoms. The number of carbonyl (C=O) groups is 2. The lowest BCUT2D eigenvalue weighted by Gasteiger charge is -2.18. The molecule has 0 saturated heterocycles. The third kappa shape index (κ3) is 6.95. The minimum absolute atomic E-state index is 0.116. The molecule has 0 heterocycles. The van der Waals surface area contributed by atoms with Crippen LogP contribution in [0.15, 0.2) is 30.3 Å². The Morgan fingerprint density at radius 3 is 2.55 bits per heavy atom. The SMILES string of the molecule is CNCCCNC(=O)C(CCSC)NC(=O)c1ccccc1. The standard InChI is InChI=1S/C16H25N3O2S/c1-17-10-6-11-18-16(21)14(9-12-22-2)19-15(20)13-7-4-3-5-8-13/h3-5,7-8,14,17H,6,9-12H2,1-2H3,(H,18,21)(H,19,20). The minimum atomic E-state index is -0.491. The van der Waals surface area contributed by atoms with Gasteiger partial charge in [0.25, 0.3) is 5.91 Å². The van der Waals surface area contributed by atoms with E-state index in [4.69, 9.17) is 0 Å². The van der Waals surface area contributed by atoms with Crippen LogP contribution in [0.2, 0.25) is 0 Å². The van der Waals surface area contributed by atoms with Gasteiger partial charge in [-0.25, -0.2) is 0 Å². The number of rotatable bonds is 10. The minimum Gasteiger partial charge on any atom is -0.354 e. The van der Waals surface area contributed by atoms with Crippen molar-refractivity contribution in [2.45, 2.75) is 18.9 Å². The summed E-state index contributed by atoms with van der Waals surface area (Å²) in [7, 11) is 1.88. The third-order valence-electron chi connectivity index (χ3n) is 3.17. The molecule has 5 nitrogen and oxygen atoms in total. The van der Waals surface area contributed by atoms with E-state index in [1.807, 2.05) is 31.5 Å². The number of nitrogens with one attached hydrogen (secondary N) is 3. The van der Waals surface area contributed by atoms with Crippen molar-refractivity contribution in [2.24, 2.45) is 0 Å². The van der Waals surface area contributed by atoms with E-state index in [1.165, 1.54) is 0 Å². The zero-order valence-electron chi connectivity index (χ0n) is 13.2. The molecular formula is C16H25N3O2S. The van der Waals surface area contributed by atoms with Gasteiger partial charge < -0.3 is 16.0 Å². The van der Waals surface area contributed by atoms with Crippen LogP contribution in [0.5, 0.6) is 0 Å². The normalized spacial score (nSPS) is 11.7. The first-order valence-corrected chi connectivity index (χ1v) is 8.85. The number of benzene rings is 1.